The topological polar surface area (TPSA) is 3.24 Å². The van der Waals surface area contributed by atoms with Crippen LogP contribution < -0.4 is 4.90 Å². The van der Waals surface area contributed by atoms with Crippen molar-refractivity contribution < 1.29 is 0 Å². The summed E-state index contributed by atoms with van der Waals surface area (Å²) >= 11 is 0. The van der Waals surface area contributed by atoms with Gasteiger partial charge in [-0.25, -0.2) is 0 Å². The summed E-state index contributed by atoms with van der Waals surface area (Å²) in [6, 6.07) is 50.2. The van der Waals surface area contributed by atoms with Crippen molar-refractivity contribution in [2.24, 2.45) is 23.7 Å². The fraction of sp³-hybridized carbons (Fsp3) is 0.368. The molecule has 0 N–H and O–H groups in total. The molecule has 6 aromatic rings. The van der Waals surface area contributed by atoms with Crippen molar-refractivity contribution in [2.45, 2.75) is 108 Å². The number of nitrogens with zero attached hydrogens (tertiary/aromatic N) is 1. The van der Waals surface area contributed by atoms with E-state index in [1.165, 1.54) is 118 Å². The van der Waals surface area contributed by atoms with Gasteiger partial charge in [-0.2, -0.15) is 0 Å². The predicted octanol–water partition coefficient (Wildman–Crippen LogP) is 15.2. The van der Waals surface area contributed by atoms with E-state index in [-0.39, 0.29) is 21.7 Å². The second-order valence-electron chi connectivity index (χ2n) is 21.2. The lowest BCUT2D eigenvalue weighted by Crippen LogP contribution is -2.55. The van der Waals surface area contributed by atoms with Crippen LogP contribution in [-0.2, 0) is 21.7 Å². The van der Waals surface area contributed by atoms with Crippen molar-refractivity contribution in [1.29, 1.82) is 0 Å². The molecule has 13 rings (SSSR count). The van der Waals surface area contributed by atoms with Crippen molar-refractivity contribution in [3.63, 3.8) is 0 Å². The molecule has 0 atom stereocenters. The van der Waals surface area contributed by atoms with Gasteiger partial charge in [0.1, 0.15) is 0 Å². The summed E-state index contributed by atoms with van der Waals surface area (Å²) in [5.74, 6) is 3.20. The third kappa shape index (κ3) is 4.60. The number of hydrogen-bond donors (Lipinski definition) is 0. The smallest absolute Gasteiger partial charge is 0.0543 e. The quantitative estimate of drug-likeness (QED) is 0.173. The van der Waals surface area contributed by atoms with Gasteiger partial charge < -0.3 is 4.90 Å². The third-order valence-electron chi connectivity index (χ3n) is 16.9. The Morgan fingerprint density at radius 2 is 0.983 bits per heavy atom. The molecule has 6 aromatic carbocycles. The highest BCUT2D eigenvalue weighted by Gasteiger charge is 2.62. The highest BCUT2D eigenvalue weighted by Crippen LogP contribution is 2.71. The number of fused-ring (bicyclic) bond motifs is 7. The van der Waals surface area contributed by atoms with E-state index in [2.05, 4.69) is 174 Å². The molecule has 4 fully saturated rings. The van der Waals surface area contributed by atoms with Crippen LogP contribution in [0.25, 0.3) is 33.4 Å². The van der Waals surface area contributed by atoms with Crippen LogP contribution in [0.15, 0.2) is 127 Å². The van der Waals surface area contributed by atoms with Gasteiger partial charge in [-0.05, 0) is 171 Å². The van der Waals surface area contributed by atoms with Crippen molar-refractivity contribution in [3.05, 3.63) is 161 Å². The zero-order valence-corrected chi connectivity index (χ0v) is 35.3. The van der Waals surface area contributed by atoms with Gasteiger partial charge in [0, 0.05) is 27.8 Å². The fourth-order valence-corrected chi connectivity index (χ4v) is 14.3. The molecule has 58 heavy (non-hydrogen) atoms. The van der Waals surface area contributed by atoms with Crippen LogP contribution in [0.2, 0.25) is 0 Å². The maximum Gasteiger partial charge on any atom is 0.0543 e. The number of hydrogen-bond acceptors (Lipinski definition) is 1. The van der Waals surface area contributed by atoms with Crippen molar-refractivity contribution >= 4 is 17.1 Å². The SMILES string of the molecule is CC1(C)CCC(C)(C)c2cc(N(c3ccc4c(c3)C(C)(C)c3ccccc3-4)c3cccc4c3-c3c(-c5ccccc5)cccc3C43C4CC5CC(C4)CC3C5)ccc21. The van der Waals surface area contributed by atoms with E-state index in [0.717, 1.165) is 11.8 Å². The summed E-state index contributed by atoms with van der Waals surface area (Å²) in [5.41, 5.74) is 21.6. The van der Waals surface area contributed by atoms with Gasteiger partial charge in [-0.3, -0.25) is 0 Å². The average molecular weight is 756 g/mol. The maximum atomic E-state index is 2.69. The van der Waals surface area contributed by atoms with Gasteiger partial charge in [0.05, 0.1) is 5.69 Å². The molecule has 0 unspecified atom stereocenters. The lowest BCUT2D eigenvalue weighted by molar-refractivity contribution is -0.0399. The Bertz CT molecular complexity index is 2640. The van der Waals surface area contributed by atoms with Crippen LogP contribution in [0.3, 0.4) is 0 Å². The maximum absolute atomic E-state index is 2.69. The van der Waals surface area contributed by atoms with E-state index in [9.17, 15) is 0 Å². The Labute approximate surface area is 346 Å². The van der Waals surface area contributed by atoms with Gasteiger partial charge in [-0.15, -0.1) is 0 Å². The third-order valence-corrected chi connectivity index (χ3v) is 16.9. The Hall–Kier alpha value is -4.88. The van der Waals surface area contributed by atoms with Crippen LogP contribution in [0, 0.1) is 23.7 Å². The van der Waals surface area contributed by atoms with Crippen LogP contribution in [0.5, 0.6) is 0 Å². The first-order valence-electron chi connectivity index (χ1n) is 22.5. The number of anilines is 3. The molecule has 0 heterocycles. The minimum Gasteiger partial charge on any atom is -0.310 e. The minimum absolute atomic E-state index is 0.0635. The second-order valence-corrected chi connectivity index (χ2v) is 21.2. The van der Waals surface area contributed by atoms with E-state index in [4.69, 9.17) is 0 Å². The van der Waals surface area contributed by atoms with Gasteiger partial charge in [0.15, 0.2) is 0 Å². The highest BCUT2D eigenvalue weighted by atomic mass is 15.1. The molecule has 0 saturated heterocycles. The summed E-state index contributed by atoms with van der Waals surface area (Å²) < 4.78 is 0. The molecule has 7 aliphatic rings. The first kappa shape index (κ1) is 35.1. The monoisotopic (exact) mass is 755 g/mol. The van der Waals surface area contributed by atoms with Gasteiger partial charge in [0.25, 0.3) is 0 Å². The zero-order valence-electron chi connectivity index (χ0n) is 35.3. The molecule has 1 nitrogen and oxygen atoms in total. The molecule has 0 amide bonds. The summed E-state index contributed by atoms with van der Waals surface area (Å²) in [6.07, 6.45) is 9.40. The largest absolute Gasteiger partial charge is 0.310 e. The normalized spacial score (nSPS) is 26.8. The molecule has 4 bridgehead atoms. The molecule has 1 heteroatoms. The fourth-order valence-electron chi connectivity index (χ4n) is 14.3. The average Bonchev–Trinajstić information content (AvgIpc) is 3.65. The first-order chi connectivity index (χ1) is 28.0. The highest BCUT2D eigenvalue weighted by molar-refractivity contribution is 6.01. The van der Waals surface area contributed by atoms with E-state index < -0.39 is 0 Å². The standard InChI is InChI=1S/C57H57N/c1-54(2)26-27-55(3,4)50-34-41(23-25-46(50)54)58(40-22-24-44-43-16-10-11-18-45(43)56(5,6)49(44)33-40)51-21-13-20-48-53(51)52-42(37-14-8-7-9-15-37)17-12-19-47(52)57(48)38-29-35-28-36(31-38)32-39(57)30-35/h7-25,33-36,38-39H,26-32H2,1-6H3. The lowest BCUT2D eigenvalue weighted by atomic mass is 9.43. The molecule has 0 aromatic heterocycles. The van der Waals surface area contributed by atoms with E-state index >= 15 is 0 Å². The molecule has 0 radical (unpaired) electrons. The summed E-state index contributed by atoms with van der Waals surface area (Å²) in [4.78, 5) is 2.69. The van der Waals surface area contributed by atoms with E-state index in [1.807, 2.05) is 0 Å². The molecular weight excluding hydrogens is 699 g/mol. The van der Waals surface area contributed by atoms with Gasteiger partial charge in [0.2, 0.25) is 0 Å². The Balaban J connectivity index is 1.16. The van der Waals surface area contributed by atoms with Crippen molar-refractivity contribution in [1.82, 2.24) is 0 Å². The van der Waals surface area contributed by atoms with Crippen molar-refractivity contribution in [2.75, 3.05) is 4.90 Å². The van der Waals surface area contributed by atoms with Crippen LogP contribution in [-0.4, -0.2) is 0 Å². The molecule has 4 saturated carbocycles. The summed E-state index contributed by atoms with van der Waals surface area (Å²) in [5, 5.41) is 0. The van der Waals surface area contributed by atoms with Crippen LogP contribution >= 0.6 is 0 Å². The molecule has 290 valence electrons. The second kappa shape index (κ2) is 11.9. The number of benzene rings is 6. The van der Waals surface area contributed by atoms with Gasteiger partial charge in [-0.1, -0.05) is 139 Å². The van der Waals surface area contributed by atoms with Crippen LogP contribution in [0.1, 0.15) is 120 Å². The molecule has 1 spiro atoms. The summed E-state index contributed by atoms with van der Waals surface area (Å²) in [7, 11) is 0. The zero-order chi connectivity index (χ0) is 39.3. The van der Waals surface area contributed by atoms with Gasteiger partial charge >= 0.3 is 0 Å². The Morgan fingerprint density at radius 3 is 1.71 bits per heavy atom. The molecule has 0 aliphatic heterocycles. The first-order valence-corrected chi connectivity index (χ1v) is 22.5. The lowest BCUT2D eigenvalue weighted by Gasteiger charge is -2.61. The summed E-state index contributed by atoms with van der Waals surface area (Å²) in [6.45, 7) is 14.7. The minimum atomic E-state index is -0.0916. The van der Waals surface area contributed by atoms with E-state index in [0.29, 0.717) is 11.8 Å². The van der Waals surface area contributed by atoms with Crippen LogP contribution in [0.4, 0.5) is 17.1 Å². The Morgan fingerprint density at radius 1 is 0.431 bits per heavy atom. The van der Waals surface area contributed by atoms with E-state index in [1.54, 1.807) is 11.1 Å². The molecule has 7 aliphatic carbocycles. The predicted molar refractivity (Wildman–Crippen MR) is 243 cm³/mol. The Kier molecular flexibility index (Phi) is 7.18. The van der Waals surface area contributed by atoms with Crippen molar-refractivity contribution in [3.8, 4) is 33.4 Å². The number of rotatable bonds is 4. The molecular formula is C57H57N.